The maximum absolute atomic E-state index is 14.3. The maximum atomic E-state index is 14.3. The van der Waals surface area contributed by atoms with Gasteiger partial charge < -0.3 is 18.4 Å². The van der Waals surface area contributed by atoms with Crippen LogP contribution in [0.15, 0.2) is 12.2 Å². The van der Waals surface area contributed by atoms with Gasteiger partial charge in [0.25, 0.3) is 0 Å². The summed E-state index contributed by atoms with van der Waals surface area (Å²) in [5.41, 5.74) is 2.11. The van der Waals surface area contributed by atoms with E-state index in [1.165, 1.54) is 63.4 Å². The smallest absolute Gasteiger partial charge is 0.365 e. The van der Waals surface area contributed by atoms with E-state index in [2.05, 4.69) is 71.8 Å². The second kappa shape index (κ2) is 14.5. The Kier molecular flexibility index (Phi) is 10.5. The van der Waals surface area contributed by atoms with Gasteiger partial charge in [0.1, 0.15) is 6.10 Å². The first-order valence-electron chi connectivity index (χ1n) is 24.7. The molecule has 6 heterocycles. The molecule has 0 N–H and O–H groups in total. The van der Waals surface area contributed by atoms with Gasteiger partial charge in [-0.05, 0) is 117 Å². The predicted octanol–water partition coefficient (Wildman–Crippen LogP) is 7.95. The first kappa shape index (κ1) is 41.9. The summed E-state index contributed by atoms with van der Waals surface area (Å²) in [4.78, 5) is 33.7. The van der Waals surface area contributed by atoms with Crippen molar-refractivity contribution in [1.29, 1.82) is 0 Å². The molecule has 0 amide bonds. The summed E-state index contributed by atoms with van der Waals surface area (Å²) in [5.74, 6) is 3.09. The fourth-order valence-electron chi connectivity index (χ4n) is 18.1. The number of ether oxygens (including phenoxy) is 2. The molecular formula is C50H84N4O4+2. The number of nitrogens with zero attached hydrogens (tertiary/aromatic N) is 4. The van der Waals surface area contributed by atoms with Crippen LogP contribution in [0.5, 0.6) is 0 Å². The van der Waals surface area contributed by atoms with Gasteiger partial charge in [0.05, 0.1) is 45.9 Å². The second-order valence-electron chi connectivity index (χ2n) is 23.8. The highest BCUT2D eigenvalue weighted by molar-refractivity contribution is 5.75. The first-order valence-corrected chi connectivity index (χ1v) is 24.7. The average Bonchev–Trinajstić information content (AvgIpc) is 3.60. The molecule has 0 aromatic carbocycles. The molecule has 6 saturated heterocycles. The molecule has 0 aromatic heterocycles. The molecule has 326 valence electrons. The number of carbonyl (C=O) groups excluding carboxylic acids is 2. The quantitative estimate of drug-likeness (QED) is 0.127. The molecule has 0 aromatic rings. The monoisotopic (exact) mass is 805 g/mol. The predicted molar refractivity (Wildman–Crippen MR) is 231 cm³/mol. The number of hydrogen-bond acceptors (Lipinski definition) is 6. The van der Waals surface area contributed by atoms with Crippen LogP contribution in [0.3, 0.4) is 0 Å². The van der Waals surface area contributed by atoms with E-state index in [1.807, 2.05) is 0 Å². The second-order valence-corrected chi connectivity index (χ2v) is 23.8. The molecule has 8 nitrogen and oxygen atoms in total. The lowest BCUT2D eigenvalue weighted by Crippen LogP contribution is -2.72. The van der Waals surface area contributed by atoms with Crippen molar-refractivity contribution in [1.82, 2.24) is 9.80 Å². The fourth-order valence-corrected chi connectivity index (χ4v) is 18.1. The third-order valence-corrected chi connectivity index (χ3v) is 21.7. The summed E-state index contributed by atoms with van der Waals surface area (Å²) in [7, 11) is 0. The van der Waals surface area contributed by atoms with Crippen molar-refractivity contribution >= 4 is 11.9 Å². The number of esters is 2. The lowest BCUT2D eigenvalue weighted by atomic mass is 9.32. The highest BCUT2D eigenvalue weighted by Gasteiger charge is 2.71. The Labute approximate surface area is 353 Å². The van der Waals surface area contributed by atoms with Crippen LogP contribution in [0.25, 0.3) is 0 Å². The van der Waals surface area contributed by atoms with Crippen LogP contribution in [0.2, 0.25) is 0 Å². The molecule has 6 aliphatic heterocycles. The van der Waals surface area contributed by atoms with Gasteiger partial charge >= 0.3 is 11.9 Å². The van der Waals surface area contributed by atoms with Crippen molar-refractivity contribution in [2.24, 2.45) is 56.7 Å². The highest BCUT2D eigenvalue weighted by atomic mass is 16.5. The van der Waals surface area contributed by atoms with E-state index in [9.17, 15) is 9.59 Å². The third-order valence-electron chi connectivity index (χ3n) is 21.7. The molecule has 11 fully saturated rings. The van der Waals surface area contributed by atoms with Crippen molar-refractivity contribution in [2.45, 2.75) is 151 Å². The number of rotatable bonds is 10. The van der Waals surface area contributed by atoms with Crippen LogP contribution in [0, 0.1) is 56.7 Å². The largest absolute Gasteiger partial charge is 0.461 e. The van der Waals surface area contributed by atoms with E-state index in [0.717, 1.165) is 107 Å². The lowest BCUT2D eigenvalue weighted by Gasteiger charge is -2.73. The molecule has 5 saturated carbocycles. The van der Waals surface area contributed by atoms with Gasteiger partial charge in [-0.3, -0.25) is 9.80 Å². The number of allylic oxidation sites excluding steroid dienone is 1. The molecule has 4 bridgehead atoms. The first-order chi connectivity index (χ1) is 27.5. The minimum Gasteiger partial charge on any atom is -0.461 e. The topological polar surface area (TPSA) is 59.1 Å². The Hall–Kier alpha value is -1.48. The summed E-state index contributed by atoms with van der Waals surface area (Å²) < 4.78 is 15.4. The van der Waals surface area contributed by atoms with Gasteiger partial charge in [-0.25, -0.2) is 9.59 Å². The Balaban J connectivity index is 0.928. The van der Waals surface area contributed by atoms with Crippen molar-refractivity contribution in [3.05, 3.63) is 12.2 Å². The van der Waals surface area contributed by atoms with Crippen LogP contribution < -0.4 is 0 Å². The zero-order valence-electron chi connectivity index (χ0n) is 38.4. The van der Waals surface area contributed by atoms with Crippen molar-refractivity contribution in [3.63, 3.8) is 0 Å². The Bertz CT molecular complexity index is 1590. The van der Waals surface area contributed by atoms with E-state index in [4.69, 9.17) is 9.47 Å². The minimum atomic E-state index is -0.0496. The molecule has 58 heavy (non-hydrogen) atoms. The van der Waals surface area contributed by atoms with Crippen LogP contribution in [0.4, 0.5) is 0 Å². The van der Waals surface area contributed by atoms with Gasteiger partial charge in [0.2, 0.25) is 0 Å². The standard InChI is InChI=1S/C50H84N4O4/c1-10-38(53-28-22-51(23-29-53)24-30-53)44(55)57-34-50-19-14-36(35(3)4)43(50)37-12-13-41-47(7)17-16-42(46(5,6)40(47)15-18-49(41,9)48(37,8)20-21-50)58-45(56)39(11-2)54-31-25-52(26-32-54)27-33-54/h36-43H,3,10-34H2,1-2,4-9H3/q+2/t36-,37?,38?,39?,40?,41?,42-,43?,47-,48+,49+,50+/m0/s1. The SMILES string of the molecule is C=C(C)[C@@H]1CC[C@]2(COC(=O)C(CC)[N+]34CCN(CC3)CC4)CC[C@]3(C)C(CCC4[C@@]5(C)CC[C@H](OC(=O)C(CC)[N+]67CCN(CC6)CC7)C(C)(C)C5CC[C@]43C)C12. The summed E-state index contributed by atoms with van der Waals surface area (Å²) in [6, 6.07) is -0.0379. The van der Waals surface area contributed by atoms with E-state index in [1.54, 1.807) is 0 Å². The van der Waals surface area contributed by atoms with Gasteiger partial charge in [0.15, 0.2) is 12.1 Å². The van der Waals surface area contributed by atoms with Crippen LogP contribution >= 0.6 is 0 Å². The number of hydrogen-bond donors (Lipinski definition) is 0. The maximum Gasteiger partial charge on any atom is 0.365 e. The molecule has 6 unspecified atom stereocenters. The normalized spacial score (nSPS) is 49.7. The third kappa shape index (κ3) is 5.99. The van der Waals surface area contributed by atoms with Crippen LogP contribution in [0.1, 0.15) is 132 Å². The van der Waals surface area contributed by atoms with E-state index in [0.29, 0.717) is 36.2 Å². The summed E-state index contributed by atoms with van der Waals surface area (Å²) in [6.07, 6.45) is 13.8. The Morgan fingerprint density at radius 2 is 1.24 bits per heavy atom. The minimum absolute atomic E-state index is 0.00265. The average molecular weight is 805 g/mol. The summed E-state index contributed by atoms with van der Waals surface area (Å²) in [5, 5.41) is 0. The molecule has 0 spiro atoms. The summed E-state index contributed by atoms with van der Waals surface area (Å²) >= 11 is 0. The van der Waals surface area contributed by atoms with Crippen LogP contribution in [-0.4, -0.2) is 134 Å². The molecule has 11 rings (SSSR count). The Morgan fingerprint density at radius 1 is 0.672 bits per heavy atom. The zero-order valence-corrected chi connectivity index (χ0v) is 38.4. The molecule has 12 atom stereocenters. The fraction of sp³-hybridized carbons (Fsp3) is 0.920. The lowest BCUT2D eigenvalue weighted by molar-refractivity contribution is -0.955. The van der Waals surface area contributed by atoms with Crippen molar-refractivity contribution < 1.29 is 28.0 Å². The number of quaternary nitrogens is 2. The van der Waals surface area contributed by atoms with Crippen LogP contribution in [-0.2, 0) is 19.1 Å². The number of carbonyl (C=O) groups is 2. The zero-order chi connectivity index (χ0) is 41.1. The van der Waals surface area contributed by atoms with Gasteiger partial charge in [-0.1, -0.05) is 60.6 Å². The molecule has 5 aliphatic carbocycles. The number of piperazine rings is 6. The van der Waals surface area contributed by atoms with E-state index >= 15 is 0 Å². The molecule has 0 radical (unpaired) electrons. The molecule has 8 heteroatoms. The van der Waals surface area contributed by atoms with Gasteiger partial charge in [-0.15, -0.1) is 0 Å². The van der Waals surface area contributed by atoms with E-state index < -0.39 is 0 Å². The Morgan fingerprint density at radius 3 is 1.79 bits per heavy atom. The van der Waals surface area contributed by atoms with Crippen molar-refractivity contribution in [3.8, 4) is 0 Å². The molecule has 11 aliphatic rings. The highest BCUT2D eigenvalue weighted by Crippen LogP contribution is 2.77. The van der Waals surface area contributed by atoms with E-state index in [-0.39, 0.29) is 57.2 Å². The molecular weight excluding hydrogens is 721 g/mol. The van der Waals surface area contributed by atoms with Gasteiger partial charge in [-0.2, -0.15) is 0 Å². The van der Waals surface area contributed by atoms with Crippen molar-refractivity contribution in [2.75, 3.05) is 85.1 Å². The van der Waals surface area contributed by atoms with Gasteiger partial charge in [0, 0.05) is 62.9 Å². The summed E-state index contributed by atoms with van der Waals surface area (Å²) in [6.45, 7) is 38.4. The number of fused-ring (bicyclic) bond motifs is 13.